The molecule has 0 heterocycles. The van der Waals surface area contributed by atoms with Crippen LogP contribution in [0.25, 0.3) is 0 Å². The summed E-state index contributed by atoms with van der Waals surface area (Å²) >= 11 is 0. The predicted octanol–water partition coefficient (Wildman–Crippen LogP) is -5.31. The van der Waals surface area contributed by atoms with Crippen LogP contribution in [0.4, 0.5) is 0 Å². The van der Waals surface area contributed by atoms with Crippen molar-refractivity contribution in [1.29, 1.82) is 0 Å². The normalized spacial score (nSPS) is 1.14. The van der Waals surface area contributed by atoms with Gasteiger partial charge in [0, 0.05) is 0 Å². The largest absolute Gasteiger partial charge is 2.00 e. The molecule has 0 atom stereocenters. The molecule has 0 aromatic carbocycles. The number of hydrogen-bond donors (Lipinski definition) is 0. The maximum absolute atomic E-state index is 8.40. The SMILES string of the molecule is O.O.O=[Si]=O.[Ba+2].[H-].[H-].[H-].[Na+]. The van der Waals surface area contributed by atoms with Crippen LogP contribution < -0.4 is 29.6 Å². The predicted molar refractivity (Wildman–Crippen MR) is 23.4 cm³/mol. The Kier molecular flexibility index (Phi) is 201. The van der Waals surface area contributed by atoms with Crippen LogP contribution >= 0.6 is 0 Å². The van der Waals surface area contributed by atoms with E-state index in [1.54, 1.807) is 0 Å². The van der Waals surface area contributed by atoms with Crippen molar-refractivity contribution in [1.82, 2.24) is 0 Å². The molecule has 0 spiro atoms. The molecule has 0 rings (SSSR count). The molecule has 38 valence electrons. The molecule has 0 aliphatic rings. The second-order valence-corrected chi connectivity index (χ2v) is 0.250. The molecule has 4 N–H and O–H groups in total. The zero-order chi connectivity index (χ0) is 2.71. The summed E-state index contributed by atoms with van der Waals surface area (Å²) in [5.74, 6) is 0. The van der Waals surface area contributed by atoms with Crippen molar-refractivity contribution >= 4 is 58.2 Å². The van der Waals surface area contributed by atoms with E-state index in [0.717, 1.165) is 0 Å². The van der Waals surface area contributed by atoms with E-state index >= 15 is 0 Å². The molecule has 0 saturated heterocycles. The van der Waals surface area contributed by atoms with Crippen molar-refractivity contribution in [3.05, 3.63) is 0 Å². The molecule has 0 aliphatic heterocycles. The first-order valence-corrected chi connectivity index (χ1v) is 1.22. The second kappa shape index (κ2) is 40.5. The van der Waals surface area contributed by atoms with Crippen molar-refractivity contribution in [2.75, 3.05) is 0 Å². The van der Waals surface area contributed by atoms with Crippen LogP contribution in [0.3, 0.4) is 0 Å². The van der Waals surface area contributed by atoms with Gasteiger partial charge >= 0.3 is 87.7 Å². The van der Waals surface area contributed by atoms with E-state index < -0.39 is 9.29 Å². The molecule has 7 heteroatoms. The van der Waals surface area contributed by atoms with Gasteiger partial charge in [-0.05, 0) is 0 Å². The molecule has 7 heavy (non-hydrogen) atoms. The van der Waals surface area contributed by atoms with Gasteiger partial charge in [-0.25, -0.2) is 0 Å². The maximum atomic E-state index is 8.40. The molecule has 0 saturated carbocycles. The summed E-state index contributed by atoms with van der Waals surface area (Å²) in [7, 11) is -1.42. The van der Waals surface area contributed by atoms with Crippen LogP contribution in [-0.2, 0) is 8.92 Å². The average Bonchev–Trinajstić information content (AvgIpc) is 0.918. The molecule has 0 aromatic heterocycles. The Balaban J connectivity index is -0.000000000952. The fraction of sp³-hybridized carbons (Fsp3) is 0. The summed E-state index contributed by atoms with van der Waals surface area (Å²) in [6.45, 7) is 0. The van der Waals surface area contributed by atoms with Gasteiger partial charge in [-0.1, -0.05) is 0 Å². The van der Waals surface area contributed by atoms with Gasteiger partial charge in [0.1, 0.15) is 0 Å². The molecule has 0 fully saturated rings. The third kappa shape index (κ3) is 62.1. The Labute approximate surface area is 110 Å². The van der Waals surface area contributed by atoms with E-state index in [4.69, 9.17) is 8.92 Å². The molecule has 0 amide bonds. The van der Waals surface area contributed by atoms with Crippen LogP contribution in [-0.4, -0.2) is 69.1 Å². The minimum absolute atomic E-state index is 0. The van der Waals surface area contributed by atoms with E-state index in [1.165, 1.54) is 0 Å². The van der Waals surface area contributed by atoms with E-state index in [1.807, 2.05) is 0 Å². The standard InChI is InChI=1S/Ba.Na.O2Si.2H2O.3H/c;;1-3-2;;;;;/h;;;2*1H2;;;/q+2;+1;;;;3*-1. The second-order valence-electron chi connectivity index (χ2n) is 0.0833. The molecule has 0 aliphatic carbocycles. The van der Waals surface area contributed by atoms with Crippen molar-refractivity contribution in [3.63, 3.8) is 0 Å². The Hall–Kier alpha value is 2.31. The smallest absolute Gasteiger partial charge is 1.00 e. The first-order valence-electron chi connectivity index (χ1n) is 0.408. The van der Waals surface area contributed by atoms with Gasteiger partial charge in [-0.15, -0.1) is 0 Å². The molecular formula is H7BaNaO4Si. The maximum Gasteiger partial charge on any atom is 2.00 e. The van der Waals surface area contributed by atoms with Crippen LogP contribution in [0, 0.1) is 0 Å². The minimum atomic E-state index is -1.42. The van der Waals surface area contributed by atoms with Crippen molar-refractivity contribution < 1.29 is 53.7 Å². The van der Waals surface area contributed by atoms with Crippen LogP contribution in [0.5, 0.6) is 0 Å². The Morgan fingerprint density at radius 2 is 1.14 bits per heavy atom. The zero-order valence-electron chi connectivity index (χ0n) is 7.02. The van der Waals surface area contributed by atoms with E-state index in [0.29, 0.717) is 0 Å². The number of hydrogen-bond acceptors (Lipinski definition) is 2. The summed E-state index contributed by atoms with van der Waals surface area (Å²) < 4.78 is 16.8. The Morgan fingerprint density at radius 1 is 1.14 bits per heavy atom. The zero-order valence-corrected chi connectivity index (χ0v) is 11.5. The van der Waals surface area contributed by atoms with E-state index in [-0.39, 0.29) is 93.7 Å². The third-order valence-corrected chi connectivity index (χ3v) is 0. The first-order chi connectivity index (χ1) is 1.41. The monoisotopic (exact) mass is 260 g/mol. The van der Waals surface area contributed by atoms with Gasteiger partial charge in [0.05, 0.1) is 0 Å². The van der Waals surface area contributed by atoms with E-state index in [2.05, 4.69) is 0 Å². The quantitative estimate of drug-likeness (QED) is 0.406. The molecule has 0 bridgehead atoms. The number of rotatable bonds is 0. The molecular weight excluding hydrogens is 252 g/mol. The summed E-state index contributed by atoms with van der Waals surface area (Å²) in [6.07, 6.45) is 0. The van der Waals surface area contributed by atoms with Gasteiger partial charge in [0.25, 0.3) is 0 Å². The van der Waals surface area contributed by atoms with Crippen molar-refractivity contribution in [2.45, 2.75) is 0 Å². The Morgan fingerprint density at radius 3 is 1.14 bits per heavy atom. The fourth-order valence-electron chi connectivity index (χ4n) is 0. The molecule has 0 unspecified atom stereocenters. The minimum Gasteiger partial charge on any atom is -1.00 e. The van der Waals surface area contributed by atoms with Gasteiger partial charge in [0.15, 0.2) is 0 Å². The van der Waals surface area contributed by atoms with E-state index in [9.17, 15) is 0 Å². The molecule has 0 aromatic rings. The summed E-state index contributed by atoms with van der Waals surface area (Å²) in [6, 6.07) is 0. The van der Waals surface area contributed by atoms with Gasteiger partial charge in [-0.2, -0.15) is 0 Å². The van der Waals surface area contributed by atoms with Crippen molar-refractivity contribution in [3.8, 4) is 0 Å². The summed E-state index contributed by atoms with van der Waals surface area (Å²) in [5, 5.41) is 0. The van der Waals surface area contributed by atoms with Gasteiger partial charge in [0.2, 0.25) is 0 Å². The first kappa shape index (κ1) is 34.6. The average molecular weight is 259 g/mol. The Bertz CT molecular complexity index is 41.5. The van der Waals surface area contributed by atoms with Gasteiger partial charge in [-0.3, -0.25) is 8.92 Å². The molecule has 0 radical (unpaired) electrons. The van der Waals surface area contributed by atoms with Crippen molar-refractivity contribution in [2.24, 2.45) is 0 Å². The summed E-state index contributed by atoms with van der Waals surface area (Å²) in [5.41, 5.74) is 0. The van der Waals surface area contributed by atoms with Crippen LogP contribution in [0.2, 0.25) is 0 Å². The topological polar surface area (TPSA) is 97.1 Å². The fourth-order valence-corrected chi connectivity index (χ4v) is 0. The van der Waals surface area contributed by atoms with Gasteiger partial charge < -0.3 is 15.2 Å². The third-order valence-electron chi connectivity index (χ3n) is 0. The summed E-state index contributed by atoms with van der Waals surface area (Å²) in [4.78, 5) is 0. The van der Waals surface area contributed by atoms with Crippen LogP contribution in [0.15, 0.2) is 0 Å². The molecule has 4 nitrogen and oxygen atoms in total. The van der Waals surface area contributed by atoms with Crippen LogP contribution in [0.1, 0.15) is 4.28 Å².